The van der Waals surface area contributed by atoms with Crippen molar-refractivity contribution in [3.8, 4) is 16.9 Å². The minimum atomic E-state index is -3.31. The normalized spacial score (nSPS) is 15.6. The number of benzene rings is 3. The summed E-state index contributed by atoms with van der Waals surface area (Å²) in [6.07, 6.45) is 0.575. The van der Waals surface area contributed by atoms with Gasteiger partial charge in [-0.15, -0.1) is 0 Å². The van der Waals surface area contributed by atoms with Crippen molar-refractivity contribution in [2.75, 3.05) is 22.6 Å². The zero-order chi connectivity index (χ0) is 24.6. The lowest BCUT2D eigenvalue weighted by atomic mass is 10.0. The molecular weight excluding hydrogens is 476 g/mol. The maximum Gasteiger partial charge on any atom is 0.419 e. The highest BCUT2D eigenvalue weighted by Crippen LogP contribution is 2.39. The molecule has 0 aliphatic carbocycles. The standard InChI is InChI=1S/C25H23ClN2O5S/c1-16-15-27(25(30)33-21-9-7-20(26)8-10-21)24-14-19(6-13-23(24)28(16)17(2)29)18-4-11-22(12-5-18)34(3,31)32/h4-14,16H,15H2,1-3H3. The number of amides is 2. The summed E-state index contributed by atoms with van der Waals surface area (Å²) in [5, 5.41) is 0.528. The molecule has 9 heteroatoms. The van der Waals surface area contributed by atoms with Crippen molar-refractivity contribution in [1.29, 1.82) is 0 Å². The van der Waals surface area contributed by atoms with Gasteiger partial charge in [-0.2, -0.15) is 0 Å². The van der Waals surface area contributed by atoms with E-state index in [0.717, 1.165) is 17.4 Å². The lowest BCUT2D eigenvalue weighted by Gasteiger charge is -2.40. The predicted molar refractivity (Wildman–Crippen MR) is 132 cm³/mol. The molecule has 7 nitrogen and oxygen atoms in total. The molecule has 3 aromatic carbocycles. The highest BCUT2D eigenvalue weighted by molar-refractivity contribution is 7.90. The van der Waals surface area contributed by atoms with Crippen LogP contribution in [0.4, 0.5) is 16.2 Å². The second-order valence-corrected chi connectivity index (χ2v) is 10.6. The molecule has 176 valence electrons. The van der Waals surface area contributed by atoms with Crippen LogP contribution >= 0.6 is 11.6 Å². The fourth-order valence-corrected chi connectivity index (χ4v) is 4.77. The van der Waals surface area contributed by atoms with Gasteiger partial charge in [0.25, 0.3) is 0 Å². The van der Waals surface area contributed by atoms with Crippen LogP contribution in [0, 0.1) is 0 Å². The Labute approximate surface area is 203 Å². The van der Waals surface area contributed by atoms with Crippen LogP contribution in [0.2, 0.25) is 5.02 Å². The molecule has 0 bridgehead atoms. The molecular formula is C25H23ClN2O5S. The van der Waals surface area contributed by atoms with Gasteiger partial charge in [0.05, 0.1) is 22.3 Å². The minimum Gasteiger partial charge on any atom is -0.410 e. The number of halogens is 1. The summed E-state index contributed by atoms with van der Waals surface area (Å²) in [5.41, 5.74) is 2.66. The molecule has 1 aliphatic rings. The number of anilines is 2. The van der Waals surface area contributed by atoms with Gasteiger partial charge in [-0.05, 0) is 66.6 Å². The van der Waals surface area contributed by atoms with Crippen LogP contribution in [-0.2, 0) is 14.6 Å². The maximum absolute atomic E-state index is 13.1. The Hall–Kier alpha value is -3.36. The lowest BCUT2D eigenvalue weighted by molar-refractivity contribution is -0.117. The van der Waals surface area contributed by atoms with E-state index in [-0.39, 0.29) is 23.4 Å². The number of hydrogen-bond donors (Lipinski definition) is 0. The first-order valence-corrected chi connectivity index (χ1v) is 12.8. The Balaban J connectivity index is 1.74. The summed E-state index contributed by atoms with van der Waals surface area (Å²) < 4.78 is 29.1. The van der Waals surface area contributed by atoms with Gasteiger partial charge in [0.2, 0.25) is 5.91 Å². The topological polar surface area (TPSA) is 84.0 Å². The van der Waals surface area contributed by atoms with Crippen molar-refractivity contribution in [2.24, 2.45) is 0 Å². The van der Waals surface area contributed by atoms with Gasteiger partial charge in [0, 0.05) is 24.7 Å². The second kappa shape index (κ2) is 9.12. The third kappa shape index (κ3) is 4.78. The quantitative estimate of drug-likeness (QED) is 0.497. The van der Waals surface area contributed by atoms with Crippen molar-refractivity contribution in [3.63, 3.8) is 0 Å². The average Bonchev–Trinajstić information content (AvgIpc) is 2.79. The fraction of sp³-hybridized carbons (Fsp3) is 0.200. The third-order valence-corrected chi connectivity index (χ3v) is 6.99. The number of carbonyl (C=O) groups excluding carboxylic acids is 2. The largest absolute Gasteiger partial charge is 0.419 e. The van der Waals surface area contributed by atoms with E-state index in [2.05, 4.69) is 0 Å². The van der Waals surface area contributed by atoms with Crippen LogP contribution < -0.4 is 14.5 Å². The molecule has 0 saturated carbocycles. The Kier molecular flexibility index (Phi) is 6.38. The Bertz CT molecular complexity index is 1360. The van der Waals surface area contributed by atoms with E-state index < -0.39 is 15.9 Å². The molecule has 3 aromatic rings. The van der Waals surface area contributed by atoms with E-state index >= 15 is 0 Å². The monoisotopic (exact) mass is 498 g/mol. The summed E-state index contributed by atoms with van der Waals surface area (Å²) in [6.45, 7) is 3.60. The Morgan fingerprint density at radius 1 is 0.941 bits per heavy atom. The Morgan fingerprint density at radius 3 is 2.15 bits per heavy atom. The summed E-state index contributed by atoms with van der Waals surface area (Å²) in [6, 6.07) is 18.1. The summed E-state index contributed by atoms with van der Waals surface area (Å²) in [5.74, 6) is 0.217. The number of nitrogens with zero attached hydrogens (tertiary/aromatic N) is 2. The maximum atomic E-state index is 13.1. The smallest absolute Gasteiger partial charge is 0.410 e. The number of sulfone groups is 1. The molecule has 1 heterocycles. The average molecular weight is 499 g/mol. The molecule has 0 spiro atoms. The molecule has 4 rings (SSSR count). The van der Waals surface area contributed by atoms with E-state index in [9.17, 15) is 18.0 Å². The van der Waals surface area contributed by atoms with Crippen molar-refractivity contribution in [3.05, 3.63) is 71.8 Å². The molecule has 0 aromatic heterocycles. The number of fused-ring (bicyclic) bond motifs is 1. The van der Waals surface area contributed by atoms with E-state index in [1.165, 1.54) is 11.8 Å². The first kappa shape index (κ1) is 23.8. The highest BCUT2D eigenvalue weighted by Gasteiger charge is 2.34. The van der Waals surface area contributed by atoms with Crippen LogP contribution in [-0.4, -0.2) is 39.3 Å². The zero-order valence-corrected chi connectivity index (χ0v) is 20.4. The van der Waals surface area contributed by atoms with E-state index in [0.29, 0.717) is 22.1 Å². The molecule has 2 amide bonds. The molecule has 0 N–H and O–H groups in total. The van der Waals surface area contributed by atoms with Crippen LogP contribution in [0.25, 0.3) is 11.1 Å². The molecule has 1 unspecified atom stereocenters. The second-order valence-electron chi connectivity index (χ2n) is 8.17. The van der Waals surface area contributed by atoms with Gasteiger partial charge in [-0.25, -0.2) is 13.2 Å². The van der Waals surface area contributed by atoms with Gasteiger partial charge < -0.3 is 9.64 Å². The molecule has 0 fully saturated rings. The van der Waals surface area contributed by atoms with Gasteiger partial charge in [-0.1, -0.05) is 29.8 Å². The first-order valence-electron chi connectivity index (χ1n) is 10.5. The molecule has 0 saturated heterocycles. The first-order chi connectivity index (χ1) is 16.0. The Morgan fingerprint density at radius 2 is 1.56 bits per heavy atom. The van der Waals surface area contributed by atoms with Crippen LogP contribution in [0.1, 0.15) is 13.8 Å². The van der Waals surface area contributed by atoms with E-state index in [1.54, 1.807) is 65.6 Å². The molecule has 34 heavy (non-hydrogen) atoms. The minimum absolute atomic E-state index is 0.135. The van der Waals surface area contributed by atoms with Crippen LogP contribution in [0.3, 0.4) is 0 Å². The summed E-state index contributed by atoms with van der Waals surface area (Å²) in [4.78, 5) is 28.9. The van der Waals surface area contributed by atoms with Crippen molar-refractivity contribution < 1.29 is 22.7 Å². The highest BCUT2D eigenvalue weighted by atomic mass is 35.5. The lowest BCUT2D eigenvalue weighted by Crippen LogP contribution is -2.52. The van der Waals surface area contributed by atoms with E-state index in [1.807, 2.05) is 13.0 Å². The van der Waals surface area contributed by atoms with Crippen molar-refractivity contribution >= 4 is 44.8 Å². The number of hydrogen-bond acceptors (Lipinski definition) is 5. The number of carbonyl (C=O) groups is 2. The fourth-order valence-electron chi connectivity index (χ4n) is 4.01. The van der Waals surface area contributed by atoms with Crippen LogP contribution in [0.15, 0.2) is 71.6 Å². The molecule has 1 atom stereocenters. The molecule has 0 radical (unpaired) electrons. The molecule has 1 aliphatic heterocycles. The van der Waals surface area contributed by atoms with Crippen molar-refractivity contribution in [1.82, 2.24) is 0 Å². The zero-order valence-electron chi connectivity index (χ0n) is 18.9. The van der Waals surface area contributed by atoms with Crippen molar-refractivity contribution in [2.45, 2.75) is 24.8 Å². The number of ether oxygens (including phenoxy) is 1. The summed E-state index contributed by atoms with van der Waals surface area (Å²) >= 11 is 5.92. The van der Waals surface area contributed by atoms with Gasteiger partial charge in [0.1, 0.15) is 5.75 Å². The summed E-state index contributed by atoms with van der Waals surface area (Å²) in [7, 11) is -3.31. The SMILES string of the molecule is CC(=O)N1c2ccc(-c3ccc(S(C)(=O)=O)cc3)cc2N(C(=O)Oc2ccc(Cl)cc2)CC1C. The third-order valence-electron chi connectivity index (χ3n) is 5.61. The van der Waals surface area contributed by atoms with Crippen LogP contribution in [0.5, 0.6) is 5.75 Å². The van der Waals surface area contributed by atoms with Gasteiger partial charge >= 0.3 is 6.09 Å². The predicted octanol–water partition coefficient (Wildman–Crippen LogP) is 5.17. The van der Waals surface area contributed by atoms with Gasteiger partial charge in [-0.3, -0.25) is 9.69 Å². The van der Waals surface area contributed by atoms with Gasteiger partial charge in [0.15, 0.2) is 9.84 Å². The van der Waals surface area contributed by atoms with E-state index in [4.69, 9.17) is 16.3 Å². The number of rotatable bonds is 3.